The van der Waals surface area contributed by atoms with Gasteiger partial charge in [0.05, 0.1) is 43.0 Å². The minimum atomic E-state index is -0.391. The molecule has 6 nitrogen and oxygen atoms in total. The Hall–Kier alpha value is -3.51. The van der Waals surface area contributed by atoms with E-state index in [1.807, 2.05) is 36.4 Å². The molecule has 1 atom stereocenters. The molecule has 0 spiro atoms. The number of esters is 2. The Morgan fingerprint density at radius 1 is 0.806 bits per heavy atom. The number of quaternary nitrogens is 1. The molecule has 1 unspecified atom stereocenters. The van der Waals surface area contributed by atoms with E-state index in [0.29, 0.717) is 24.2 Å². The van der Waals surface area contributed by atoms with Crippen molar-refractivity contribution in [3.8, 4) is 0 Å². The molecule has 0 radical (unpaired) electrons. The number of piperidine rings is 1. The summed E-state index contributed by atoms with van der Waals surface area (Å²) in [6, 6.07) is 14.0. The van der Waals surface area contributed by atoms with E-state index in [2.05, 4.69) is 6.92 Å². The highest BCUT2D eigenvalue weighted by Crippen LogP contribution is 2.17. The molecule has 3 rings (SSSR count). The fraction of sp³-hybridized carbons (Fsp3) is 0.240. The normalized spacial score (nSPS) is 18.8. The highest BCUT2D eigenvalue weighted by molar-refractivity contribution is 6.14. The van der Waals surface area contributed by atoms with Crippen molar-refractivity contribution in [3.63, 3.8) is 0 Å². The Kier molecular flexibility index (Phi) is 7.15. The lowest BCUT2D eigenvalue weighted by molar-refractivity contribution is -0.889. The van der Waals surface area contributed by atoms with Crippen LogP contribution in [-0.4, -0.2) is 51.6 Å². The topological polar surface area (TPSA) is 74.1 Å². The molecule has 0 bridgehead atoms. The molecule has 1 aliphatic rings. The number of ether oxygens (including phenoxy) is 2. The Bertz CT molecular complexity index is 951. The van der Waals surface area contributed by atoms with Gasteiger partial charge in [-0.3, -0.25) is 4.79 Å². The number of hydrogen-bond acceptors (Lipinski definition) is 5. The van der Waals surface area contributed by atoms with Crippen LogP contribution in [0.2, 0.25) is 0 Å². The third kappa shape index (κ3) is 5.35. The number of likely N-dealkylation sites (N-methyl/N-ethyl adjacent to an activating group) is 1. The van der Waals surface area contributed by atoms with E-state index in [1.165, 1.54) is 19.1 Å². The van der Waals surface area contributed by atoms with Gasteiger partial charge in [-0.1, -0.05) is 24.3 Å². The van der Waals surface area contributed by atoms with Gasteiger partial charge in [-0.15, -0.1) is 0 Å². The van der Waals surface area contributed by atoms with Crippen LogP contribution in [0.15, 0.2) is 59.7 Å². The van der Waals surface area contributed by atoms with Gasteiger partial charge >= 0.3 is 11.9 Å². The van der Waals surface area contributed by atoms with Gasteiger partial charge in [-0.2, -0.15) is 0 Å². The van der Waals surface area contributed by atoms with Crippen molar-refractivity contribution in [2.75, 3.05) is 33.9 Å². The largest absolute Gasteiger partial charge is 0.465 e. The minimum absolute atomic E-state index is 0.0197. The zero-order chi connectivity index (χ0) is 22.4. The van der Waals surface area contributed by atoms with Crippen molar-refractivity contribution < 1.29 is 28.8 Å². The van der Waals surface area contributed by atoms with Crippen LogP contribution in [0.5, 0.6) is 0 Å². The average molecular weight is 420 g/mol. The molecule has 0 aliphatic carbocycles. The molecule has 0 aromatic heterocycles. The number of methoxy groups -OCH3 is 2. The molecule has 6 heteroatoms. The average Bonchev–Trinajstić information content (AvgIpc) is 2.81. The monoisotopic (exact) mass is 420 g/mol. The molecule has 1 aliphatic heterocycles. The van der Waals surface area contributed by atoms with E-state index in [4.69, 9.17) is 9.47 Å². The first-order valence-electron chi connectivity index (χ1n) is 10.1. The first-order valence-corrected chi connectivity index (χ1v) is 10.1. The lowest BCUT2D eigenvalue weighted by Gasteiger charge is -2.25. The summed E-state index contributed by atoms with van der Waals surface area (Å²) >= 11 is 0. The Balaban J connectivity index is 1.87. The van der Waals surface area contributed by atoms with Crippen LogP contribution in [0, 0.1) is 0 Å². The first-order chi connectivity index (χ1) is 14.9. The Morgan fingerprint density at radius 3 is 1.52 bits per heavy atom. The summed E-state index contributed by atoms with van der Waals surface area (Å²) in [6.07, 6.45) is 3.76. The van der Waals surface area contributed by atoms with E-state index >= 15 is 0 Å². The quantitative estimate of drug-likeness (QED) is 0.593. The lowest BCUT2D eigenvalue weighted by Crippen LogP contribution is -3.13. The summed E-state index contributed by atoms with van der Waals surface area (Å²) in [5.41, 5.74) is 4.11. The fourth-order valence-corrected chi connectivity index (χ4v) is 3.52. The second-order valence-electron chi connectivity index (χ2n) is 7.35. The van der Waals surface area contributed by atoms with Crippen LogP contribution in [-0.2, 0) is 14.3 Å². The number of nitrogens with one attached hydrogen (secondary N) is 1. The highest BCUT2D eigenvalue weighted by Gasteiger charge is 2.28. The first kappa shape index (κ1) is 22.2. The second-order valence-corrected chi connectivity index (χ2v) is 7.35. The zero-order valence-electron chi connectivity index (χ0n) is 17.9. The number of carbonyl (C=O) groups is 3. The van der Waals surface area contributed by atoms with E-state index in [9.17, 15) is 14.4 Å². The number of Topliss-reactive ketones (excluding diaryl/α,β-unsaturated/α-hetero) is 1. The van der Waals surface area contributed by atoms with Crippen LogP contribution < -0.4 is 4.90 Å². The van der Waals surface area contributed by atoms with E-state index in [0.717, 1.165) is 28.8 Å². The smallest absolute Gasteiger partial charge is 0.337 e. The standard InChI is InChI=1S/C25H25NO5/c1-4-26-15-21(13-17-5-9-19(10-6-17)24(28)30-2)23(27)22(16-26)14-18-7-11-20(12-8-18)25(29)31-3/h5-14H,4,15-16H2,1-3H3/p+1/b21-13-,22-14+. The molecule has 0 amide bonds. The molecule has 2 aromatic rings. The van der Waals surface area contributed by atoms with E-state index in [1.54, 1.807) is 24.3 Å². The van der Waals surface area contributed by atoms with Gasteiger partial charge < -0.3 is 14.4 Å². The fourth-order valence-electron chi connectivity index (χ4n) is 3.52. The van der Waals surface area contributed by atoms with E-state index in [-0.39, 0.29) is 5.78 Å². The van der Waals surface area contributed by atoms with Crippen molar-refractivity contribution >= 4 is 29.9 Å². The maximum Gasteiger partial charge on any atom is 0.337 e. The van der Waals surface area contributed by atoms with Gasteiger partial charge in [0.2, 0.25) is 0 Å². The van der Waals surface area contributed by atoms with Gasteiger partial charge in [0.25, 0.3) is 0 Å². The maximum atomic E-state index is 13.1. The van der Waals surface area contributed by atoms with Gasteiger partial charge in [0, 0.05) is 0 Å². The number of ketones is 1. The summed E-state index contributed by atoms with van der Waals surface area (Å²) < 4.78 is 9.45. The molecule has 1 N–H and O–H groups in total. The second kappa shape index (κ2) is 10.00. The van der Waals surface area contributed by atoms with Crippen molar-refractivity contribution in [1.29, 1.82) is 0 Å². The van der Waals surface area contributed by atoms with Gasteiger partial charge in [-0.25, -0.2) is 9.59 Å². The summed E-state index contributed by atoms with van der Waals surface area (Å²) in [6.45, 7) is 4.28. The summed E-state index contributed by atoms with van der Waals surface area (Å²) in [5, 5.41) is 0. The third-order valence-corrected chi connectivity index (χ3v) is 5.31. The maximum absolute atomic E-state index is 13.1. The molecule has 1 fully saturated rings. The van der Waals surface area contributed by atoms with Crippen molar-refractivity contribution in [2.24, 2.45) is 0 Å². The molecule has 1 heterocycles. The SMILES string of the molecule is CC[NH+]1C/C(=C/c2ccc(C(=O)OC)cc2)C(=O)/C(=C/c2ccc(C(=O)OC)cc2)C1. The van der Waals surface area contributed by atoms with Crippen LogP contribution in [0.3, 0.4) is 0 Å². The van der Waals surface area contributed by atoms with Crippen LogP contribution in [0.4, 0.5) is 0 Å². The molecular formula is C25H26NO5+. The van der Waals surface area contributed by atoms with Crippen LogP contribution >= 0.6 is 0 Å². The molecule has 31 heavy (non-hydrogen) atoms. The van der Waals surface area contributed by atoms with Gasteiger partial charge in [-0.05, 0) is 54.5 Å². The number of benzene rings is 2. The Labute approximate surface area is 181 Å². The van der Waals surface area contributed by atoms with Crippen molar-refractivity contribution in [1.82, 2.24) is 0 Å². The lowest BCUT2D eigenvalue weighted by atomic mass is 9.94. The van der Waals surface area contributed by atoms with E-state index < -0.39 is 11.9 Å². The van der Waals surface area contributed by atoms with Crippen LogP contribution in [0.25, 0.3) is 12.2 Å². The third-order valence-electron chi connectivity index (χ3n) is 5.31. The van der Waals surface area contributed by atoms with Gasteiger partial charge in [0.1, 0.15) is 13.1 Å². The predicted octanol–water partition coefficient (Wildman–Crippen LogP) is 2.21. The molecular weight excluding hydrogens is 394 g/mol. The highest BCUT2D eigenvalue weighted by atomic mass is 16.5. The summed E-state index contributed by atoms with van der Waals surface area (Å²) in [7, 11) is 2.69. The number of rotatable bonds is 5. The number of hydrogen-bond donors (Lipinski definition) is 1. The minimum Gasteiger partial charge on any atom is -0.465 e. The van der Waals surface area contributed by atoms with Crippen LogP contribution in [0.1, 0.15) is 38.8 Å². The molecule has 1 saturated heterocycles. The predicted molar refractivity (Wildman–Crippen MR) is 118 cm³/mol. The van der Waals surface area contributed by atoms with Crippen molar-refractivity contribution in [3.05, 3.63) is 81.9 Å². The molecule has 0 saturated carbocycles. The van der Waals surface area contributed by atoms with Gasteiger partial charge in [0.15, 0.2) is 5.78 Å². The Morgan fingerprint density at radius 2 is 1.19 bits per heavy atom. The summed E-state index contributed by atoms with van der Waals surface area (Å²) in [4.78, 5) is 37.7. The summed E-state index contributed by atoms with van der Waals surface area (Å²) in [5.74, 6) is -0.762. The number of carbonyl (C=O) groups excluding carboxylic acids is 3. The zero-order valence-corrected chi connectivity index (χ0v) is 17.9. The molecule has 2 aromatic carbocycles. The number of likely N-dealkylation sites (tertiary alicyclic amines) is 1. The molecule has 160 valence electrons. The van der Waals surface area contributed by atoms with Crippen molar-refractivity contribution in [2.45, 2.75) is 6.92 Å².